The summed E-state index contributed by atoms with van der Waals surface area (Å²) >= 11 is 0. The maximum Gasteiger partial charge on any atom is 0.422 e. The average Bonchev–Trinajstić information content (AvgIpc) is 2.50. The molecule has 0 spiro atoms. The van der Waals surface area contributed by atoms with Crippen molar-refractivity contribution in [1.82, 2.24) is 4.90 Å². The highest BCUT2D eigenvalue weighted by atomic mass is 19.4. The third-order valence-corrected chi connectivity index (χ3v) is 3.40. The number of benzene rings is 1. The molecular formula is C15H19F3N2O3. The minimum atomic E-state index is -4.44. The summed E-state index contributed by atoms with van der Waals surface area (Å²) in [4.78, 5) is 13.7. The largest absolute Gasteiger partial charge is 0.480 e. The van der Waals surface area contributed by atoms with Gasteiger partial charge in [-0.05, 0) is 25.0 Å². The summed E-state index contributed by atoms with van der Waals surface area (Å²) in [6, 6.07) is 5.90. The van der Waals surface area contributed by atoms with Crippen LogP contribution in [-0.4, -0.2) is 49.3 Å². The molecule has 2 N–H and O–H groups in total. The van der Waals surface area contributed by atoms with Gasteiger partial charge < -0.3 is 20.1 Å². The first-order valence-corrected chi connectivity index (χ1v) is 7.30. The van der Waals surface area contributed by atoms with Crippen molar-refractivity contribution in [3.63, 3.8) is 0 Å². The number of rotatable bonds is 5. The maximum atomic E-state index is 12.2. The third-order valence-electron chi connectivity index (χ3n) is 3.40. The zero-order chi connectivity index (χ0) is 16.9. The minimum Gasteiger partial charge on any atom is -0.480 e. The number of piperidine rings is 1. The normalized spacial score (nSPS) is 18.6. The van der Waals surface area contributed by atoms with E-state index in [0.29, 0.717) is 13.1 Å². The lowest BCUT2D eigenvalue weighted by atomic mass is 10.1. The lowest BCUT2D eigenvalue weighted by molar-refractivity contribution is -0.153. The van der Waals surface area contributed by atoms with Crippen LogP contribution in [0.2, 0.25) is 0 Å². The van der Waals surface area contributed by atoms with Crippen molar-refractivity contribution >= 4 is 5.91 Å². The number of likely N-dealkylation sites (tertiary alicyclic amines) is 1. The highest BCUT2D eigenvalue weighted by molar-refractivity contribution is 5.78. The van der Waals surface area contributed by atoms with E-state index in [1.165, 1.54) is 18.2 Å². The number of hydrogen-bond donors (Lipinski definition) is 1. The Bertz CT molecular complexity index is 537. The first-order valence-electron chi connectivity index (χ1n) is 7.30. The molecule has 1 saturated heterocycles. The van der Waals surface area contributed by atoms with Crippen LogP contribution in [0, 0.1) is 0 Å². The number of amides is 1. The van der Waals surface area contributed by atoms with Gasteiger partial charge in [-0.3, -0.25) is 4.79 Å². The molecule has 0 aromatic heterocycles. The van der Waals surface area contributed by atoms with Crippen molar-refractivity contribution in [2.75, 3.05) is 26.3 Å². The molecule has 1 aliphatic heterocycles. The molecule has 1 fully saturated rings. The van der Waals surface area contributed by atoms with Gasteiger partial charge >= 0.3 is 6.18 Å². The van der Waals surface area contributed by atoms with Gasteiger partial charge in [0.15, 0.2) is 24.7 Å². The van der Waals surface area contributed by atoms with E-state index in [0.717, 1.165) is 12.8 Å². The van der Waals surface area contributed by atoms with Crippen molar-refractivity contribution in [2.45, 2.75) is 25.1 Å². The lowest BCUT2D eigenvalue weighted by Crippen LogP contribution is -2.47. The van der Waals surface area contributed by atoms with Crippen molar-refractivity contribution in [1.29, 1.82) is 0 Å². The third kappa shape index (κ3) is 5.63. The molecule has 8 heteroatoms. The fraction of sp³-hybridized carbons (Fsp3) is 0.533. The summed E-state index contributed by atoms with van der Waals surface area (Å²) in [5.74, 6) is -0.190. The van der Waals surface area contributed by atoms with Crippen LogP contribution in [-0.2, 0) is 4.79 Å². The maximum absolute atomic E-state index is 12.2. The molecule has 128 valence electrons. The molecule has 2 rings (SSSR count). The number of carbonyl (C=O) groups is 1. The van der Waals surface area contributed by atoms with E-state index in [1.54, 1.807) is 11.0 Å². The quantitative estimate of drug-likeness (QED) is 0.895. The van der Waals surface area contributed by atoms with Crippen LogP contribution in [0.4, 0.5) is 13.2 Å². The predicted molar refractivity (Wildman–Crippen MR) is 77.3 cm³/mol. The summed E-state index contributed by atoms with van der Waals surface area (Å²) in [6.45, 7) is -0.599. The van der Waals surface area contributed by atoms with E-state index in [2.05, 4.69) is 0 Å². The van der Waals surface area contributed by atoms with E-state index in [1.807, 2.05) is 0 Å². The fourth-order valence-corrected chi connectivity index (χ4v) is 2.32. The molecule has 1 atom stereocenters. The standard InChI is InChI=1S/C15H19F3N2O3/c16-15(17,18)10-23-13-6-2-1-5-12(13)22-9-14(21)20-7-3-4-11(19)8-20/h1-2,5-6,11H,3-4,7-10,19H2/t11-/m1/s1. The van der Waals surface area contributed by atoms with Gasteiger partial charge in [-0.25, -0.2) is 0 Å². The zero-order valence-electron chi connectivity index (χ0n) is 12.5. The fourth-order valence-electron chi connectivity index (χ4n) is 2.32. The van der Waals surface area contributed by atoms with Crippen LogP contribution in [0.25, 0.3) is 0 Å². The Kier molecular flexibility index (Phi) is 5.70. The average molecular weight is 332 g/mol. The Balaban J connectivity index is 1.91. The smallest absolute Gasteiger partial charge is 0.422 e. The summed E-state index contributed by atoms with van der Waals surface area (Å²) in [6.07, 6.45) is -2.73. The van der Waals surface area contributed by atoms with Crippen LogP contribution in [0.15, 0.2) is 24.3 Å². The van der Waals surface area contributed by atoms with Gasteiger partial charge in [0.2, 0.25) is 0 Å². The molecule has 1 aliphatic rings. The Morgan fingerprint density at radius 3 is 2.52 bits per heavy atom. The summed E-state index contributed by atoms with van der Waals surface area (Å²) in [5, 5.41) is 0. The van der Waals surface area contributed by atoms with E-state index in [9.17, 15) is 18.0 Å². The number of alkyl halides is 3. The minimum absolute atomic E-state index is 0.0462. The van der Waals surface area contributed by atoms with E-state index in [4.69, 9.17) is 15.2 Å². The number of para-hydroxylation sites is 2. The lowest BCUT2D eigenvalue weighted by Gasteiger charge is -2.30. The molecule has 23 heavy (non-hydrogen) atoms. The molecule has 1 heterocycles. The van der Waals surface area contributed by atoms with Gasteiger partial charge in [0.25, 0.3) is 5.91 Å². The van der Waals surface area contributed by atoms with Crippen LogP contribution in [0.1, 0.15) is 12.8 Å². The van der Waals surface area contributed by atoms with Crippen molar-refractivity contribution in [3.05, 3.63) is 24.3 Å². The summed E-state index contributed by atoms with van der Waals surface area (Å²) in [5.41, 5.74) is 5.81. The Labute approximate surface area is 132 Å². The molecule has 0 bridgehead atoms. The molecular weight excluding hydrogens is 313 g/mol. The second-order valence-corrected chi connectivity index (χ2v) is 5.38. The van der Waals surface area contributed by atoms with Crippen LogP contribution in [0.5, 0.6) is 11.5 Å². The highest BCUT2D eigenvalue weighted by Crippen LogP contribution is 2.28. The Hall–Kier alpha value is -1.96. The second kappa shape index (κ2) is 7.54. The number of halogens is 3. The van der Waals surface area contributed by atoms with E-state index >= 15 is 0 Å². The molecule has 1 aromatic rings. The van der Waals surface area contributed by atoms with Gasteiger partial charge in [-0.15, -0.1) is 0 Å². The molecule has 0 radical (unpaired) electrons. The van der Waals surface area contributed by atoms with Gasteiger partial charge in [0.1, 0.15) is 0 Å². The van der Waals surface area contributed by atoms with Crippen LogP contribution < -0.4 is 15.2 Å². The summed E-state index contributed by atoms with van der Waals surface area (Å²) < 4.78 is 46.7. The van der Waals surface area contributed by atoms with Crippen molar-refractivity contribution < 1.29 is 27.4 Å². The molecule has 0 saturated carbocycles. The van der Waals surface area contributed by atoms with E-state index < -0.39 is 12.8 Å². The molecule has 0 unspecified atom stereocenters. The van der Waals surface area contributed by atoms with Gasteiger partial charge in [0.05, 0.1) is 0 Å². The number of hydrogen-bond acceptors (Lipinski definition) is 4. The molecule has 5 nitrogen and oxygen atoms in total. The van der Waals surface area contributed by atoms with Gasteiger partial charge in [-0.2, -0.15) is 13.2 Å². The topological polar surface area (TPSA) is 64.8 Å². The first-order chi connectivity index (χ1) is 10.8. The Morgan fingerprint density at radius 2 is 1.91 bits per heavy atom. The molecule has 0 aliphatic carbocycles. The van der Waals surface area contributed by atoms with Gasteiger partial charge in [0, 0.05) is 19.1 Å². The van der Waals surface area contributed by atoms with Crippen LogP contribution >= 0.6 is 0 Å². The zero-order valence-corrected chi connectivity index (χ0v) is 12.5. The number of ether oxygens (including phenoxy) is 2. The highest BCUT2D eigenvalue weighted by Gasteiger charge is 2.29. The van der Waals surface area contributed by atoms with Crippen molar-refractivity contribution in [3.8, 4) is 11.5 Å². The number of nitrogens with two attached hydrogens (primary N) is 1. The monoisotopic (exact) mass is 332 g/mol. The summed E-state index contributed by atoms with van der Waals surface area (Å²) in [7, 11) is 0. The Morgan fingerprint density at radius 1 is 1.26 bits per heavy atom. The number of carbonyl (C=O) groups excluding carboxylic acids is 1. The SMILES string of the molecule is N[C@@H]1CCCN(C(=O)COc2ccccc2OCC(F)(F)F)C1. The predicted octanol–water partition coefficient (Wildman–Crippen LogP) is 1.96. The van der Waals surface area contributed by atoms with E-state index in [-0.39, 0.29) is 30.1 Å². The second-order valence-electron chi connectivity index (χ2n) is 5.38. The van der Waals surface area contributed by atoms with Crippen molar-refractivity contribution in [2.24, 2.45) is 5.73 Å². The first kappa shape index (κ1) is 17.4. The molecule has 1 amide bonds. The molecule has 1 aromatic carbocycles. The van der Waals surface area contributed by atoms with Crippen LogP contribution in [0.3, 0.4) is 0 Å². The van der Waals surface area contributed by atoms with Gasteiger partial charge in [-0.1, -0.05) is 12.1 Å². The number of nitrogens with zero attached hydrogens (tertiary/aromatic N) is 1.